The number of hydrogen-bond donors (Lipinski definition) is 1. The molecule has 4 aromatic carbocycles. The van der Waals surface area contributed by atoms with Gasteiger partial charge in [-0.3, -0.25) is 4.99 Å². The van der Waals surface area contributed by atoms with Gasteiger partial charge in [-0.1, -0.05) is 171 Å². The number of rotatable bonds is 7. The molecule has 1 fully saturated rings. The molecule has 0 bridgehead atoms. The molecule has 0 saturated heterocycles. The molecule has 8 rings (SSSR count). The Balaban J connectivity index is 1.23. The fourth-order valence-electron chi connectivity index (χ4n) is 8.04. The van der Waals surface area contributed by atoms with Gasteiger partial charge in [-0.15, -0.1) is 0 Å². The van der Waals surface area contributed by atoms with E-state index in [9.17, 15) is 5.11 Å². The average molecular weight is 904 g/mol. The molecule has 4 aliphatic carbocycles. The van der Waals surface area contributed by atoms with Crippen LogP contribution in [0.5, 0.6) is 5.75 Å². The minimum atomic E-state index is -0.426. The number of para-hydroxylation sites is 1. The first kappa shape index (κ1) is 34.8. The van der Waals surface area contributed by atoms with Crippen molar-refractivity contribution in [2.75, 3.05) is 0 Å². The van der Waals surface area contributed by atoms with Crippen LogP contribution in [0.2, 0.25) is 0 Å². The molecule has 0 radical (unpaired) electrons. The van der Waals surface area contributed by atoms with E-state index in [4.69, 9.17) is 9.98 Å². The minimum Gasteiger partial charge on any atom is -0.507 e. The van der Waals surface area contributed by atoms with E-state index in [-0.39, 0.29) is 11.8 Å². The van der Waals surface area contributed by atoms with Crippen LogP contribution in [0, 0.1) is 23.2 Å². The number of fused-ring (bicyclic) bond motifs is 1. The number of allylic oxidation sites excluding steroid dienone is 9. The third kappa shape index (κ3) is 6.71. The van der Waals surface area contributed by atoms with E-state index in [0.29, 0.717) is 30.0 Å². The maximum Gasteiger partial charge on any atom is 0.157 e. The maximum absolute atomic E-state index is 11.0. The summed E-state index contributed by atoms with van der Waals surface area (Å²) in [6.07, 6.45) is 16.6. The fourth-order valence-corrected chi connectivity index (χ4v) is 8.82. The van der Waals surface area contributed by atoms with Gasteiger partial charge in [0.1, 0.15) is 5.75 Å². The van der Waals surface area contributed by atoms with Crippen molar-refractivity contribution in [1.82, 2.24) is 1.33 Å². The number of phenols is 1. The predicted molar refractivity (Wildman–Crippen MR) is 231 cm³/mol. The van der Waals surface area contributed by atoms with Crippen LogP contribution in [0.15, 0.2) is 190 Å². The molecule has 1 saturated carbocycles. The van der Waals surface area contributed by atoms with Crippen LogP contribution in [-0.2, 0) is 6.54 Å². The fraction of sp³-hybridized carbons (Fsp3) is 0.174. The van der Waals surface area contributed by atoms with E-state index < -0.39 is 5.41 Å². The largest absolute Gasteiger partial charge is 0.507 e. The number of halogens is 2. The number of nitrogens with zero attached hydrogens (tertiary/aromatic N) is 3. The lowest BCUT2D eigenvalue weighted by molar-refractivity contribution is 0.441. The Hall–Kier alpha value is -4.28. The van der Waals surface area contributed by atoms with Gasteiger partial charge in [-0.2, -0.15) is 0 Å². The molecule has 4 nitrogen and oxygen atoms in total. The van der Waals surface area contributed by atoms with Crippen LogP contribution in [0.25, 0.3) is 6.08 Å². The van der Waals surface area contributed by atoms with Gasteiger partial charge in [-0.05, 0) is 39.8 Å². The van der Waals surface area contributed by atoms with Gasteiger partial charge in [-0.25, -0.2) is 6.32 Å². The van der Waals surface area contributed by atoms with E-state index in [1.807, 2.05) is 55.9 Å². The van der Waals surface area contributed by atoms with Crippen LogP contribution in [-0.4, -0.2) is 18.1 Å². The Morgan fingerprint density at radius 1 is 0.846 bits per heavy atom. The highest BCUT2D eigenvalue weighted by Gasteiger charge is 2.50. The van der Waals surface area contributed by atoms with Gasteiger partial charge in [0.15, 0.2) is 11.7 Å². The summed E-state index contributed by atoms with van der Waals surface area (Å²) >= 11 is 4.63. The quantitative estimate of drug-likeness (QED) is 0.0869. The molecule has 1 spiro atoms. The second-order valence-corrected chi connectivity index (χ2v) is 17.8. The number of hydrogen-bond acceptors (Lipinski definition) is 2. The zero-order valence-electron chi connectivity index (χ0n) is 29.1. The molecule has 4 aromatic rings. The molecular formula is C46H39I2N3O. The van der Waals surface area contributed by atoms with Gasteiger partial charge < -0.3 is 5.11 Å². The second-order valence-electron chi connectivity index (χ2n) is 14.0. The van der Waals surface area contributed by atoms with Crippen molar-refractivity contribution in [2.45, 2.75) is 26.3 Å². The van der Waals surface area contributed by atoms with Gasteiger partial charge in [0.05, 0.1) is 52.3 Å². The van der Waals surface area contributed by atoms with Crippen molar-refractivity contribution in [2.24, 2.45) is 33.2 Å². The molecule has 0 aromatic heterocycles. The molecule has 4 unspecified atom stereocenters. The lowest BCUT2D eigenvalue weighted by Gasteiger charge is -2.36. The van der Waals surface area contributed by atoms with Crippen LogP contribution in [0.4, 0.5) is 0 Å². The Morgan fingerprint density at radius 2 is 1.52 bits per heavy atom. The molecule has 0 aliphatic heterocycles. The van der Waals surface area contributed by atoms with Gasteiger partial charge in [0.25, 0.3) is 0 Å². The van der Waals surface area contributed by atoms with Gasteiger partial charge in [0.2, 0.25) is 0 Å². The minimum absolute atomic E-state index is 0.143. The molecule has 52 heavy (non-hydrogen) atoms. The average Bonchev–Trinajstić information content (AvgIpc) is 3.53. The Labute approximate surface area is 334 Å². The SMILES string of the molecule is CC1C(C2=C[C@H]3C(=C2)C3c2ccccc2)=CC2(C=C(C(=NC(=NCc3ccccc3)c3ccccc3)N(I)I)C=CC2C)C1=Cc1ccccc1O. The van der Waals surface area contributed by atoms with Crippen LogP contribution < -0.4 is 0 Å². The highest BCUT2D eigenvalue weighted by molar-refractivity contribution is 14.2. The van der Waals surface area contributed by atoms with Crippen molar-refractivity contribution in [3.05, 3.63) is 202 Å². The number of aromatic hydroxyl groups is 1. The first-order valence-corrected chi connectivity index (χ1v) is 19.7. The van der Waals surface area contributed by atoms with E-state index in [2.05, 4.69) is 157 Å². The molecule has 0 heterocycles. The van der Waals surface area contributed by atoms with Crippen LogP contribution in [0.3, 0.4) is 0 Å². The van der Waals surface area contributed by atoms with Crippen molar-refractivity contribution in [1.29, 1.82) is 0 Å². The lowest BCUT2D eigenvalue weighted by Crippen LogP contribution is -2.29. The van der Waals surface area contributed by atoms with Crippen LogP contribution >= 0.6 is 45.7 Å². The molecule has 0 amide bonds. The molecule has 258 valence electrons. The summed E-state index contributed by atoms with van der Waals surface area (Å²) in [6, 6.07) is 39.1. The summed E-state index contributed by atoms with van der Waals surface area (Å²) in [4.78, 5) is 10.4. The van der Waals surface area contributed by atoms with Gasteiger partial charge in [0, 0.05) is 39.9 Å². The first-order valence-electron chi connectivity index (χ1n) is 17.8. The van der Waals surface area contributed by atoms with Crippen molar-refractivity contribution in [3.8, 4) is 5.75 Å². The Morgan fingerprint density at radius 3 is 2.19 bits per heavy atom. The van der Waals surface area contributed by atoms with Gasteiger partial charge >= 0.3 is 0 Å². The van der Waals surface area contributed by atoms with E-state index in [1.54, 1.807) is 6.07 Å². The second kappa shape index (κ2) is 14.6. The van der Waals surface area contributed by atoms with Crippen molar-refractivity contribution < 1.29 is 5.11 Å². The van der Waals surface area contributed by atoms with Crippen LogP contribution in [0.1, 0.15) is 42.0 Å². The molecule has 6 heteroatoms. The number of amidine groups is 2. The van der Waals surface area contributed by atoms with E-state index >= 15 is 0 Å². The number of phenolic OH excluding ortho intramolecular Hbond substituents is 1. The summed E-state index contributed by atoms with van der Waals surface area (Å²) in [5.74, 6) is 3.09. The molecule has 1 N–H and O–H groups in total. The Kier molecular flexibility index (Phi) is 9.78. The van der Waals surface area contributed by atoms with Crippen molar-refractivity contribution in [3.63, 3.8) is 0 Å². The summed E-state index contributed by atoms with van der Waals surface area (Å²) in [7, 11) is 0. The summed E-state index contributed by atoms with van der Waals surface area (Å²) < 4.78 is 2.03. The summed E-state index contributed by atoms with van der Waals surface area (Å²) in [5.41, 5.74) is 10.4. The standard InChI is InChI=1S/C46H39I2N3O/c1-30-22-23-36(45(51(47)48)50-44(34-18-10-5-11-19-34)49-29-32-14-6-3-7-15-32)27-46(30)28-40(31(2)41(46)26-35-20-12-13-21-42(35)52)37-24-38-39(25-37)43(38)33-16-8-4-9-17-33/h3-28,30-31,38,43,52H,29H2,1-2H3/t30?,31?,38-,43?,46?/m0/s1. The van der Waals surface area contributed by atoms with E-state index in [0.717, 1.165) is 28.1 Å². The van der Waals surface area contributed by atoms with Crippen molar-refractivity contribution >= 4 is 63.5 Å². The summed E-state index contributed by atoms with van der Waals surface area (Å²) in [6.45, 7) is 5.16. The highest BCUT2D eigenvalue weighted by atomic mass is 127. The highest BCUT2D eigenvalue weighted by Crippen LogP contribution is 2.62. The zero-order valence-corrected chi connectivity index (χ0v) is 33.4. The maximum atomic E-state index is 11.0. The summed E-state index contributed by atoms with van der Waals surface area (Å²) in [5, 5.41) is 11.0. The smallest absolute Gasteiger partial charge is 0.157 e. The predicted octanol–water partition coefficient (Wildman–Crippen LogP) is 11.8. The monoisotopic (exact) mass is 903 g/mol. The third-order valence-corrected chi connectivity index (χ3v) is 11.8. The Bertz CT molecular complexity index is 2250. The normalized spacial score (nSPS) is 25.8. The van der Waals surface area contributed by atoms with E-state index in [1.165, 1.54) is 27.9 Å². The molecule has 5 atom stereocenters. The third-order valence-electron chi connectivity index (χ3n) is 10.9. The molecule has 4 aliphatic rings. The number of benzene rings is 4. The molecular weight excluding hydrogens is 864 g/mol. The first-order chi connectivity index (χ1) is 25.3. The topological polar surface area (TPSA) is 48.2 Å². The zero-order chi connectivity index (χ0) is 35.8. The lowest BCUT2D eigenvalue weighted by atomic mass is 9.67. The number of aliphatic imine (C=N–C) groups is 2.